The molecule has 0 aliphatic heterocycles. The van der Waals surface area contributed by atoms with Crippen molar-refractivity contribution in [3.8, 4) is 11.8 Å². The molecule has 2 heterocycles. The van der Waals surface area contributed by atoms with E-state index in [2.05, 4.69) is 9.97 Å². The van der Waals surface area contributed by atoms with Crippen molar-refractivity contribution in [1.29, 1.82) is 5.26 Å². The Kier molecular flexibility index (Phi) is 3.69. The Balaban J connectivity index is 2.00. The highest BCUT2D eigenvalue weighted by atomic mass is 16.1. The number of carbonyl (C=O) groups excluding carboxylic acids is 1. The molecule has 114 valence electrons. The number of benzene rings is 1. The first kappa shape index (κ1) is 14.6. The molecular formula is C17H15N5O. The molecule has 0 atom stereocenters. The van der Waals surface area contributed by atoms with E-state index in [9.17, 15) is 4.79 Å². The van der Waals surface area contributed by atoms with Gasteiger partial charge in [0.15, 0.2) is 0 Å². The first-order valence-corrected chi connectivity index (χ1v) is 7.02. The van der Waals surface area contributed by atoms with E-state index in [0.717, 1.165) is 16.6 Å². The van der Waals surface area contributed by atoms with E-state index in [0.29, 0.717) is 5.69 Å². The van der Waals surface area contributed by atoms with Gasteiger partial charge in [-0.1, -0.05) is 0 Å². The number of imidazole rings is 1. The average Bonchev–Trinajstić information content (AvgIpc) is 3.19. The summed E-state index contributed by atoms with van der Waals surface area (Å²) in [6, 6.07) is 9.52. The van der Waals surface area contributed by atoms with E-state index in [1.54, 1.807) is 37.6 Å². The number of aromatic amines is 1. The average molecular weight is 305 g/mol. The van der Waals surface area contributed by atoms with Gasteiger partial charge >= 0.3 is 0 Å². The predicted octanol–water partition coefficient (Wildman–Crippen LogP) is 2.51. The van der Waals surface area contributed by atoms with E-state index in [-0.39, 0.29) is 11.4 Å². The number of H-pyrrole nitrogens is 1. The molecule has 6 nitrogen and oxygen atoms in total. The van der Waals surface area contributed by atoms with Gasteiger partial charge in [0, 0.05) is 49.3 Å². The van der Waals surface area contributed by atoms with Crippen LogP contribution in [-0.2, 0) is 0 Å². The van der Waals surface area contributed by atoms with Crippen LogP contribution in [0.1, 0.15) is 10.5 Å². The van der Waals surface area contributed by atoms with Crippen LogP contribution in [0.15, 0.2) is 54.8 Å². The second kappa shape index (κ2) is 5.81. The number of fused-ring (bicyclic) bond motifs is 1. The number of nitrogens with one attached hydrogen (secondary N) is 1. The third kappa shape index (κ3) is 2.85. The molecule has 0 saturated heterocycles. The van der Waals surface area contributed by atoms with Crippen molar-refractivity contribution in [2.75, 3.05) is 14.1 Å². The summed E-state index contributed by atoms with van der Waals surface area (Å²) in [5.74, 6) is -0.318. The van der Waals surface area contributed by atoms with Crippen LogP contribution in [0.25, 0.3) is 16.6 Å². The molecule has 0 bridgehead atoms. The van der Waals surface area contributed by atoms with Crippen molar-refractivity contribution in [2.45, 2.75) is 0 Å². The van der Waals surface area contributed by atoms with Gasteiger partial charge < -0.3 is 14.5 Å². The number of carbonyl (C=O) groups is 1. The van der Waals surface area contributed by atoms with Crippen molar-refractivity contribution in [2.24, 2.45) is 0 Å². The van der Waals surface area contributed by atoms with Crippen LogP contribution in [0.3, 0.4) is 0 Å². The highest BCUT2D eigenvalue weighted by Crippen LogP contribution is 2.21. The van der Waals surface area contributed by atoms with Gasteiger partial charge in [-0.3, -0.25) is 4.79 Å². The van der Waals surface area contributed by atoms with Gasteiger partial charge in [0.2, 0.25) is 5.78 Å². The van der Waals surface area contributed by atoms with Crippen LogP contribution in [-0.4, -0.2) is 39.3 Å². The van der Waals surface area contributed by atoms with Crippen molar-refractivity contribution in [3.63, 3.8) is 0 Å². The lowest BCUT2D eigenvalue weighted by Crippen LogP contribution is -2.09. The summed E-state index contributed by atoms with van der Waals surface area (Å²) in [7, 11) is 3.54. The van der Waals surface area contributed by atoms with E-state index in [1.165, 1.54) is 6.20 Å². The van der Waals surface area contributed by atoms with Crippen LogP contribution in [0.4, 0.5) is 0 Å². The molecule has 0 saturated carbocycles. The lowest BCUT2D eigenvalue weighted by atomic mass is 10.1. The Morgan fingerprint density at radius 1 is 1.39 bits per heavy atom. The zero-order chi connectivity index (χ0) is 16.4. The number of aromatic nitrogens is 3. The molecule has 0 unspecified atom stereocenters. The third-order valence-corrected chi connectivity index (χ3v) is 3.40. The van der Waals surface area contributed by atoms with Gasteiger partial charge in [0.05, 0.1) is 12.0 Å². The molecule has 1 aromatic carbocycles. The Hall–Kier alpha value is -3.33. The van der Waals surface area contributed by atoms with Crippen molar-refractivity contribution >= 4 is 16.7 Å². The summed E-state index contributed by atoms with van der Waals surface area (Å²) in [5, 5.41) is 10.1. The van der Waals surface area contributed by atoms with E-state index < -0.39 is 0 Å². The summed E-state index contributed by atoms with van der Waals surface area (Å²) in [6.45, 7) is 0. The lowest BCUT2D eigenvalue weighted by molar-refractivity contribution is 0.103. The van der Waals surface area contributed by atoms with Gasteiger partial charge in [-0.25, -0.2) is 4.98 Å². The zero-order valence-electron chi connectivity index (χ0n) is 12.8. The topological polar surface area (TPSA) is 77.7 Å². The molecule has 2 aromatic heterocycles. The highest BCUT2D eigenvalue weighted by Gasteiger charge is 2.15. The van der Waals surface area contributed by atoms with Gasteiger partial charge in [-0.15, -0.1) is 0 Å². The first-order valence-electron chi connectivity index (χ1n) is 7.02. The molecule has 0 radical (unpaired) electrons. The molecule has 0 aliphatic rings. The molecular weight excluding hydrogens is 290 g/mol. The summed E-state index contributed by atoms with van der Waals surface area (Å²) in [5.41, 5.74) is 2.30. The molecule has 0 amide bonds. The maximum absolute atomic E-state index is 12.4. The fourth-order valence-corrected chi connectivity index (χ4v) is 2.36. The maximum Gasteiger partial charge on any atom is 0.221 e. The van der Waals surface area contributed by atoms with Crippen LogP contribution in [0, 0.1) is 11.3 Å². The standard InChI is InChI=1S/C17H15N5O/c1-21(2)10-13(9-18)17(23)16-8-12-7-14(3-4-15(12)20-16)22-6-5-19-11-22/h3-8,10-11,20H,1-2H3. The molecule has 3 rings (SSSR count). The maximum atomic E-state index is 12.4. The molecule has 3 aromatic rings. The molecule has 0 spiro atoms. The number of ketones is 1. The van der Waals surface area contributed by atoms with Crippen molar-refractivity contribution in [3.05, 3.63) is 60.5 Å². The largest absolute Gasteiger partial charge is 0.382 e. The smallest absolute Gasteiger partial charge is 0.221 e. The summed E-state index contributed by atoms with van der Waals surface area (Å²) in [4.78, 5) is 21.2. The van der Waals surface area contributed by atoms with Crippen LogP contribution in [0.2, 0.25) is 0 Å². The number of nitrogens with zero attached hydrogens (tertiary/aromatic N) is 4. The van der Waals surface area contributed by atoms with Crippen LogP contribution < -0.4 is 0 Å². The molecule has 0 fully saturated rings. The third-order valence-electron chi connectivity index (χ3n) is 3.40. The fourth-order valence-electron chi connectivity index (χ4n) is 2.36. The lowest BCUT2D eigenvalue weighted by Gasteiger charge is -2.04. The van der Waals surface area contributed by atoms with E-state index in [4.69, 9.17) is 5.26 Å². The monoisotopic (exact) mass is 305 g/mol. The minimum atomic E-state index is -0.318. The Morgan fingerprint density at radius 2 is 2.22 bits per heavy atom. The number of hydrogen-bond donors (Lipinski definition) is 1. The Labute approximate surface area is 133 Å². The minimum Gasteiger partial charge on any atom is -0.382 e. The van der Waals surface area contributed by atoms with Crippen LogP contribution >= 0.6 is 0 Å². The highest BCUT2D eigenvalue weighted by molar-refractivity contribution is 6.12. The number of allylic oxidation sites excluding steroid dienone is 1. The Bertz CT molecular complexity index is 926. The second-order valence-corrected chi connectivity index (χ2v) is 5.37. The Morgan fingerprint density at radius 3 is 2.87 bits per heavy atom. The van der Waals surface area contributed by atoms with Gasteiger partial charge in [0.1, 0.15) is 11.6 Å². The van der Waals surface area contributed by atoms with Gasteiger partial charge in [-0.2, -0.15) is 5.26 Å². The summed E-state index contributed by atoms with van der Waals surface area (Å²) < 4.78 is 1.89. The summed E-state index contributed by atoms with van der Waals surface area (Å²) >= 11 is 0. The predicted molar refractivity (Wildman–Crippen MR) is 87.1 cm³/mol. The number of rotatable bonds is 4. The number of hydrogen-bond acceptors (Lipinski definition) is 4. The quantitative estimate of drug-likeness (QED) is 0.456. The molecule has 1 N–H and O–H groups in total. The minimum absolute atomic E-state index is 0.0939. The second-order valence-electron chi connectivity index (χ2n) is 5.37. The number of Topliss-reactive ketones (excluding diaryl/α,β-unsaturated/α-hetero) is 1. The van der Waals surface area contributed by atoms with Crippen LogP contribution in [0.5, 0.6) is 0 Å². The first-order chi connectivity index (χ1) is 11.1. The fraction of sp³-hybridized carbons (Fsp3) is 0.118. The van der Waals surface area contributed by atoms with Crippen molar-refractivity contribution < 1.29 is 4.79 Å². The van der Waals surface area contributed by atoms with Gasteiger partial charge in [-0.05, 0) is 24.3 Å². The number of nitriles is 1. The molecule has 6 heteroatoms. The molecule has 0 aliphatic carbocycles. The van der Waals surface area contributed by atoms with E-state index in [1.807, 2.05) is 35.0 Å². The normalized spacial score (nSPS) is 11.4. The van der Waals surface area contributed by atoms with Crippen molar-refractivity contribution in [1.82, 2.24) is 19.4 Å². The SMILES string of the molecule is CN(C)C=C(C#N)C(=O)c1cc2cc(-n3ccnc3)ccc2[nH]1. The zero-order valence-corrected chi connectivity index (χ0v) is 12.8. The van der Waals surface area contributed by atoms with E-state index >= 15 is 0 Å². The molecule has 23 heavy (non-hydrogen) atoms. The van der Waals surface area contributed by atoms with Gasteiger partial charge in [0.25, 0.3) is 0 Å². The summed E-state index contributed by atoms with van der Waals surface area (Å²) in [6.07, 6.45) is 6.80.